The number of likely N-dealkylation sites (tertiary alicyclic amines) is 2. The van der Waals surface area contributed by atoms with E-state index in [0.717, 1.165) is 39.3 Å². The molecule has 1 amide bonds. The number of benzene rings is 1. The van der Waals surface area contributed by atoms with E-state index >= 15 is 0 Å². The van der Waals surface area contributed by atoms with Gasteiger partial charge in [-0.1, -0.05) is 30.3 Å². The van der Waals surface area contributed by atoms with Crippen molar-refractivity contribution in [1.29, 1.82) is 0 Å². The minimum absolute atomic E-state index is 0.0535. The van der Waals surface area contributed by atoms with E-state index in [1.165, 1.54) is 11.9 Å². The van der Waals surface area contributed by atoms with E-state index in [4.69, 9.17) is 0 Å². The lowest BCUT2D eigenvalue weighted by atomic mass is 9.80. The third-order valence-electron chi connectivity index (χ3n) is 5.80. The van der Waals surface area contributed by atoms with Crippen LogP contribution in [-0.2, 0) is 6.54 Å². The second kappa shape index (κ2) is 7.37. The first-order chi connectivity index (χ1) is 13.1. The van der Waals surface area contributed by atoms with Gasteiger partial charge in [-0.25, -0.2) is 9.97 Å². The first-order valence-corrected chi connectivity index (χ1v) is 9.51. The highest BCUT2D eigenvalue weighted by Crippen LogP contribution is 2.43. The summed E-state index contributed by atoms with van der Waals surface area (Å²) in [5.41, 5.74) is 2.06. The lowest BCUT2D eigenvalue weighted by Gasteiger charge is -2.32. The summed E-state index contributed by atoms with van der Waals surface area (Å²) in [5, 5.41) is 0. The number of carbonyl (C=O) groups is 1. The maximum absolute atomic E-state index is 12.9. The molecule has 0 saturated carbocycles. The third-order valence-corrected chi connectivity index (χ3v) is 5.80. The van der Waals surface area contributed by atoms with Crippen molar-refractivity contribution in [3.63, 3.8) is 0 Å². The molecule has 6 heteroatoms. The van der Waals surface area contributed by atoms with Gasteiger partial charge in [0.25, 0.3) is 5.91 Å². The molecule has 0 bridgehead atoms. The number of rotatable bonds is 5. The zero-order chi connectivity index (χ0) is 18.9. The topological polar surface area (TPSA) is 52.6 Å². The molecule has 4 rings (SSSR count). The second-order valence-corrected chi connectivity index (χ2v) is 8.27. The van der Waals surface area contributed by atoms with Crippen molar-refractivity contribution in [3.8, 4) is 0 Å². The predicted octanol–water partition coefficient (Wildman–Crippen LogP) is 1.61. The Morgan fingerprint density at radius 2 is 1.89 bits per heavy atom. The average Bonchev–Trinajstić information content (AvgIpc) is 3.15. The van der Waals surface area contributed by atoms with Gasteiger partial charge in [0.15, 0.2) is 0 Å². The van der Waals surface area contributed by atoms with Crippen LogP contribution in [0.2, 0.25) is 0 Å². The third kappa shape index (κ3) is 3.73. The summed E-state index contributed by atoms with van der Waals surface area (Å²) in [6, 6.07) is 10.6. The van der Waals surface area contributed by atoms with Gasteiger partial charge in [-0.15, -0.1) is 0 Å². The molecule has 0 spiro atoms. The fourth-order valence-electron chi connectivity index (χ4n) is 4.85. The van der Waals surface area contributed by atoms with Gasteiger partial charge in [0.05, 0.1) is 5.56 Å². The highest BCUT2D eigenvalue weighted by molar-refractivity contribution is 5.93. The van der Waals surface area contributed by atoms with E-state index in [1.54, 1.807) is 12.4 Å². The minimum atomic E-state index is 0.0535. The second-order valence-electron chi connectivity index (χ2n) is 8.27. The molecule has 2 aliphatic heterocycles. The number of carbonyl (C=O) groups excluding carboxylic acids is 1. The van der Waals surface area contributed by atoms with E-state index in [2.05, 4.69) is 64.2 Å². The molecule has 0 unspecified atom stereocenters. The summed E-state index contributed by atoms with van der Waals surface area (Å²) in [6.45, 7) is 5.66. The summed E-state index contributed by atoms with van der Waals surface area (Å²) in [5.74, 6) is 0.551. The molecule has 2 saturated heterocycles. The van der Waals surface area contributed by atoms with Gasteiger partial charge in [-0.3, -0.25) is 9.69 Å². The number of amides is 1. The van der Waals surface area contributed by atoms with Gasteiger partial charge < -0.3 is 9.80 Å². The molecule has 27 heavy (non-hydrogen) atoms. The van der Waals surface area contributed by atoms with Crippen LogP contribution >= 0.6 is 0 Å². The van der Waals surface area contributed by atoms with Crippen LogP contribution in [-0.4, -0.2) is 77.4 Å². The molecule has 3 heterocycles. The molecule has 2 atom stereocenters. The van der Waals surface area contributed by atoms with Crippen molar-refractivity contribution in [2.24, 2.45) is 11.3 Å². The van der Waals surface area contributed by atoms with Gasteiger partial charge in [0.1, 0.15) is 6.33 Å². The van der Waals surface area contributed by atoms with Crippen LogP contribution < -0.4 is 0 Å². The van der Waals surface area contributed by atoms with Crippen molar-refractivity contribution in [1.82, 2.24) is 24.7 Å². The number of hydrogen-bond acceptors (Lipinski definition) is 5. The minimum Gasteiger partial charge on any atom is -0.338 e. The fraction of sp³-hybridized carbons (Fsp3) is 0.476. The Labute approximate surface area is 160 Å². The van der Waals surface area contributed by atoms with Crippen molar-refractivity contribution in [3.05, 3.63) is 60.2 Å². The molecule has 0 radical (unpaired) electrons. The molecule has 2 aromatic rings. The molecule has 0 N–H and O–H groups in total. The maximum Gasteiger partial charge on any atom is 0.257 e. The van der Waals surface area contributed by atoms with Crippen molar-refractivity contribution in [2.75, 3.05) is 46.8 Å². The molecular weight excluding hydrogens is 338 g/mol. The summed E-state index contributed by atoms with van der Waals surface area (Å²) in [4.78, 5) is 27.7. The fourth-order valence-corrected chi connectivity index (χ4v) is 4.85. The van der Waals surface area contributed by atoms with E-state index in [9.17, 15) is 4.79 Å². The number of nitrogens with zero attached hydrogens (tertiary/aromatic N) is 5. The Kier molecular flexibility index (Phi) is 4.93. The van der Waals surface area contributed by atoms with Crippen LogP contribution in [0.5, 0.6) is 0 Å². The van der Waals surface area contributed by atoms with Crippen LogP contribution in [0.25, 0.3) is 0 Å². The normalized spacial score (nSPS) is 25.1. The Balaban J connectivity index is 1.50. The zero-order valence-corrected chi connectivity index (χ0v) is 16.1. The Hall–Kier alpha value is -2.31. The summed E-state index contributed by atoms with van der Waals surface area (Å²) in [7, 11) is 4.25. The zero-order valence-electron chi connectivity index (χ0n) is 16.1. The van der Waals surface area contributed by atoms with Gasteiger partial charge in [-0.05, 0) is 25.6 Å². The van der Waals surface area contributed by atoms with Crippen molar-refractivity contribution >= 4 is 5.91 Å². The monoisotopic (exact) mass is 365 g/mol. The van der Waals surface area contributed by atoms with E-state index in [-0.39, 0.29) is 11.3 Å². The SMILES string of the molecule is CN(C)C[C@@]12CN(Cc3ccccc3)C[C@@H]1CN(C(=O)c1cncnc1)C2. The van der Waals surface area contributed by atoms with Crippen LogP contribution in [0.4, 0.5) is 0 Å². The van der Waals surface area contributed by atoms with Gasteiger partial charge in [-0.2, -0.15) is 0 Å². The Bertz CT molecular complexity index is 782. The smallest absolute Gasteiger partial charge is 0.257 e. The number of hydrogen-bond donors (Lipinski definition) is 0. The lowest BCUT2D eigenvalue weighted by molar-refractivity contribution is 0.0747. The van der Waals surface area contributed by atoms with Gasteiger partial charge in [0.2, 0.25) is 0 Å². The van der Waals surface area contributed by atoms with Crippen LogP contribution in [0.3, 0.4) is 0 Å². The van der Waals surface area contributed by atoms with Crippen LogP contribution in [0.1, 0.15) is 15.9 Å². The van der Waals surface area contributed by atoms with E-state index < -0.39 is 0 Å². The molecule has 1 aromatic carbocycles. The number of aromatic nitrogens is 2. The molecule has 0 aliphatic carbocycles. The van der Waals surface area contributed by atoms with E-state index in [1.807, 2.05) is 4.90 Å². The van der Waals surface area contributed by atoms with Crippen molar-refractivity contribution < 1.29 is 4.79 Å². The summed E-state index contributed by atoms with van der Waals surface area (Å²) >= 11 is 0. The first-order valence-electron chi connectivity index (χ1n) is 9.51. The predicted molar refractivity (Wildman–Crippen MR) is 104 cm³/mol. The van der Waals surface area contributed by atoms with E-state index in [0.29, 0.717) is 11.5 Å². The summed E-state index contributed by atoms with van der Waals surface area (Å²) in [6.07, 6.45) is 4.69. The van der Waals surface area contributed by atoms with Gasteiger partial charge >= 0.3 is 0 Å². The quantitative estimate of drug-likeness (QED) is 0.806. The average molecular weight is 365 g/mol. The molecule has 1 aromatic heterocycles. The van der Waals surface area contributed by atoms with Gasteiger partial charge in [0, 0.05) is 57.1 Å². The maximum atomic E-state index is 12.9. The Morgan fingerprint density at radius 1 is 1.15 bits per heavy atom. The Morgan fingerprint density at radius 3 is 2.59 bits per heavy atom. The highest BCUT2D eigenvalue weighted by Gasteiger charge is 2.53. The summed E-state index contributed by atoms with van der Waals surface area (Å²) < 4.78 is 0. The first kappa shape index (κ1) is 18.1. The molecular formula is C21H27N5O. The van der Waals surface area contributed by atoms with Crippen LogP contribution in [0.15, 0.2) is 49.1 Å². The highest BCUT2D eigenvalue weighted by atomic mass is 16.2. The standard InChI is InChI=1S/C21H27N5O/c1-24(2)13-21-14-25(10-17-6-4-3-5-7-17)11-19(21)12-26(15-21)20(27)18-8-22-16-23-9-18/h3-9,16,19H,10-15H2,1-2H3/t19-,21+/m1/s1. The lowest BCUT2D eigenvalue weighted by Crippen LogP contribution is -2.42. The molecule has 2 fully saturated rings. The largest absolute Gasteiger partial charge is 0.338 e. The number of fused-ring (bicyclic) bond motifs is 1. The molecule has 6 nitrogen and oxygen atoms in total. The molecule has 142 valence electrons. The van der Waals surface area contributed by atoms with Crippen LogP contribution in [0, 0.1) is 11.3 Å². The van der Waals surface area contributed by atoms with Crippen molar-refractivity contribution in [2.45, 2.75) is 6.54 Å². The molecule has 2 aliphatic rings.